The standard InChI is InChI=1S/C6H8BrN3O2/c7-4-3-5(12-2-1-11)10-6(8)9-4/h3,11H,1-2H2,(H2,8,9,10). The third-order valence-corrected chi connectivity index (χ3v) is 1.44. The van der Waals surface area contributed by atoms with Crippen LogP contribution in [-0.4, -0.2) is 28.3 Å². The van der Waals surface area contributed by atoms with Gasteiger partial charge in [0, 0.05) is 6.07 Å². The zero-order valence-corrected chi connectivity index (χ0v) is 7.78. The molecule has 0 unspecified atom stereocenters. The maximum absolute atomic E-state index is 8.45. The molecule has 5 nitrogen and oxygen atoms in total. The molecule has 0 fully saturated rings. The van der Waals surface area contributed by atoms with Gasteiger partial charge in [-0.2, -0.15) is 4.98 Å². The number of halogens is 1. The van der Waals surface area contributed by atoms with E-state index in [9.17, 15) is 0 Å². The molecule has 0 aliphatic heterocycles. The van der Waals surface area contributed by atoms with Gasteiger partial charge in [-0.25, -0.2) is 4.98 Å². The predicted molar refractivity (Wildman–Crippen MR) is 46.7 cm³/mol. The molecule has 0 aliphatic rings. The van der Waals surface area contributed by atoms with Gasteiger partial charge in [-0.15, -0.1) is 0 Å². The van der Waals surface area contributed by atoms with E-state index in [0.717, 1.165) is 0 Å². The average molecular weight is 234 g/mol. The molecule has 0 saturated carbocycles. The van der Waals surface area contributed by atoms with E-state index in [1.807, 2.05) is 0 Å². The molecule has 0 amide bonds. The highest BCUT2D eigenvalue weighted by molar-refractivity contribution is 9.10. The summed E-state index contributed by atoms with van der Waals surface area (Å²) < 4.78 is 5.56. The molecule has 66 valence electrons. The lowest BCUT2D eigenvalue weighted by atomic mass is 10.6. The van der Waals surface area contributed by atoms with E-state index in [-0.39, 0.29) is 19.2 Å². The minimum absolute atomic E-state index is 0.0540. The van der Waals surface area contributed by atoms with Crippen molar-refractivity contribution in [1.82, 2.24) is 9.97 Å². The van der Waals surface area contributed by atoms with Gasteiger partial charge in [-0.3, -0.25) is 0 Å². The smallest absolute Gasteiger partial charge is 0.224 e. The first-order valence-electron chi connectivity index (χ1n) is 3.26. The van der Waals surface area contributed by atoms with Gasteiger partial charge in [-0.05, 0) is 15.9 Å². The first-order chi connectivity index (χ1) is 5.72. The van der Waals surface area contributed by atoms with Gasteiger partial charge < -0.3 is 15.6 Å². The third-order valence-electron chi connectivity index (χ3n) is 1.03. The monoisotopic (exact) mass is 233 g/mol. The SMILES string of the molecule is Nc1nc(Br)cc(OCCO)n1. The van der Waals surface area contributed by atoms with Crippen LogP contribution in [0.1, 0.15) is 0 Å². The van der Waals surface area contributed by atoms with Gasteiger partial charge in [0.05, 0.1) is 6.61 Å². The molecule has 1 aromatic rings. The summed E-state index contributed by atoms with van der Waals surface area (Å²) in [5.41, 5.74) is 5.34. The van der Waals surface area contributed by atoms with Crippen LogP contribution in [0.25, 0.3) is 0 Å². The Kier molecular flexibility index (Phi) is 3.24. The van der Waals surface area contributed by atoms with Crippen molar-refractivity contribution in [2.24, 2.45) is 0 Å². The van der Waals surface area contributed by atoms with E-state index < -0.39 is 0 Å². The zero-order valence-electron chi connectivity index (χ0n) is 6.20. The molecule has 1 rings (SSSR count). The number of hydrogen-bond acceptors (Lipinski definition) is 5. The Morgan fingerprint density at radius 3 is 2.92 bits per heavy atom. The summed E-state index contributed by atoms with van der Waals surface area (Å²) in [4.78, 5) is 7.56. The topological polar surface area (TPSA) is 81.3 Å². The molecule has 6 heteroatoms. The van der Waals surface area contributed by atoms with Crippen molar-refractivity contribution in [3.63, 3.8) is 0 Å². The van der Waals surface area contributed by atoms with E-state index >= 15 is 0 Å². The number of anilines is 1. The highest BCUT2D eigenvalue weighted by Crippen LogP contribution is 2.14. The number of ether oxygens (including phenoxy) is 1. The van der Waals surface area contributed by atoms with Gasteiger partial charge in [0.25, 0.3) is 0 Å². The fraction of sp³-hybridized carbons (Fsp3) is 0.333. The Hall–Kier alpha value is -0.880. The van der Waals surface area contributed by atoms with E-state index in [1.165, 1.54) is 0 Å². The fourth-order valence-corrected chi connectivity index (χ4v) is 1.02. The van der Waals surface area contributed by atoms with Crippen LogP contribution in [0, 0.1) is 0 Å². The van der Waals surface area contributed by atoms with Crippen molar-refractivity contribution < 1.29 is 9.84 Å². The summed E-state index contributed by atoms with van der Waals surface area (Å²) >= 11 is 3.13. The first-order valence-corrected chi connectivity index (χ1v) is 4.05. The molecule has 12 heavy (non-hydrogen) atoms. The number of aliphatic hydroxyl groups excluding tert-OH is 1. The van der Waals surface area contributed by atoms with Crippen molar-refractivity contribution in [2.45, 2.75) is 0 Å². The number of nitrogens with two attached hydrogens (primary N) is 1. The van der Waals surface area contributed by atoms with Gasteiger partial charge in [-0.1, -0.05) is 0 Å². The largest absolute Gasteiger partial charge is 0.475 e. The molecule has 0 aromatic carbocycles. The maximum atomic E-state index is 8.45. The molecule has 0 bridgehead atoms. The summed E-state index contributed by atoms with van der Waals surface area (Å²) in [6.45, 7) is 0.143. The molecule has 3 N–H and O–H groups in total. The highest BCUT2D eigenvalue weighted by Gasteiger charge is 1.99. The molecule has 1 aromatic heterocycles. The Morgan fingerprint density at radius 1 is 1.58 bits per heavy atom. The van der Waals surface area contributed by atoms with E-state index in [0.29, 0.717) is 10.5 Å². The van der Waals surface area contributed by atoms with Gasteiger partial charge in [0.2, 0.25) is 11.8 Å². The van der Waals surface area contributed by atoms with Crippen LogP contribution in [-0.2, 0) is 0 Å². The average Bonchev–Trinajstić information content (AvgIpc) is 1.99. The van der Waals surface area contributed by atoms with Gasteiger partial charge in [0.1, 0.15) is 11.2 Å². The molecular weight excluding hydrogens is 226 g/mol. The first kappa shape index (κ1) is 9.21. The summed E-state index contributed by atoms with van der Waals surface area (Å²) in [7, 11) is 0. The minimum Gasteiger partial charge on any atom is -0.475 e. The molecule has 0 spiro atoms. The van der Waals surface area contributed by atoms with Crippen molar-refractivity contribution in [3.8, 4) is 5.88 Å². The Morgan fingerprint density at radius 2 is 2.33 bits per heavy atom. The second-order valence-corrected chi connectivity index (χ2v) is 2.77. The number of hydrogen-bond donors (Lipinski definition) is 2. The molecule has 0 radical (unpaired) electrons. The molecule has 0 saturated heterocycles. The van der Waals surface area contributed by atoms with Crippen LogP contribution < -0.4 is 10.5 Å². The van der Waals surface area contributed by atoms with Crippen LogP contribution in [0.2, 0.25) is 0 Å². The second kappa shape index (κ2) is 4.22. The Balaban J connectivity index is 2.72. The molecule has 1 heterocycles. The fourth-order valence-electron chi connectivity index (χ4n) is 0.638. The van der Waals surface area contributed by atoms with Crippen LogP contribution >= 0.6 is 15.9 Å². The van der Waals surface area contributed by atoms with E-state index in [2.05, 4.69) is 25.9 Å². The number of nitrogen functional groups attached to an aromatic ring is 1. The van der Waals surface area contributed by atoms with Crippen molar-refractivity contribution >= 4 is 21.9 Å². The molecule has 0 atom stereocenters. The summed E-state index contributed by atoms with van der Waals surface area (Å²) in [6, 6.07) is 1.58. The minimum atomic E-state index is -0.0540. The van der Waals surface area contributed by atoms with Crippen molar-refractivity contribution in [2.75, 3.05) is 18.9 Å². The van der Waals surface area contributed by atoms with Crippen LogP contribution in [0.5, 0.6) is 5.88 Å². The number of aromatic nitrogens is 2. The normalized spacial score (nSPS) is 9.83. The van der Waals surface area contributed by atoms with Crippen LogP contribution in [0.3, 0.4) is 0 Å². The lowest BCUT2D eigenvalue weighted by molar-refractivity contribution is 0.196. The van der Waals surface area contributed by atoms with Crippen LogP contribution in [0.15, 0.2) is 10.7 Å². The molecule has 0 aliphatic carbocycles. The number of rotatable bonds is 3. The zero-order chi connectivity index (χ0) is 8.97. The maximum Gasteiger partial charge on any atom is 0.224 e. The van der Waals surface area contributed by atoms with Crippen molar-refractivity contribution in [1.29, 1.82) is 0 Å². The Labute approximate surface area is 77.7 Å². The summed E-state index contributed by atoms with van der Waals surface area (Å²) in [5.74, 6) is 0.487. The Bertz CT molecular complexity index is 249. The molecular formula is C6H8BrN3O2. The summed E-state index contributed by atoms with van der Waals surface area (Å²) in [5, 5.41) is 8.45. The number of aliphatic hydroxyl groups is 1. The lowest BCUT2D eigenvalue weighted by Gasteiger charge is -2.03. The highest BCUT2D eigenvalue weighted by atomic mass is 79.9. The quantitative estimate of drug-likeness (QED) is 0.729. The number of nitrogens with zero attached hydrogens (tertiary/aromatic N) is 2. The van der Waals surface area contributed by atoms with E-state index in [1.54, 1.807) is 6.07 Å². The predicted octanol–water partition coefficient (Wildman–Crippen LogP) is 0.192. The third kappa shape index (κ3) is 2.63. The van der Waals surface area contributed by atoms with Crippen molar-refractivity contribution in [3.05, 3.63) is 10.7 Å². The van der Waals surface area contributed by atoms with Gasteiger partial charge in [0.15, 0.2) is 0 Å². The summed E-state index contributed by atoms with van der Waals surface area (Å²) in [6.07, 6.45) is 0. The van der Waals surface area contributed by atoms with E-state index in [4.69, 9.17) is 15.6 Å². The van der Waals surface area contributed by atoms with Crippen LogP contribution in [0.4, 0.5) is 5.95 Å². The lowest BCUT2D eigenvalue weighted by Crippen LogP contribution is -2.05. The second-order valence-electron chi connectivity index (χ2n) is 1.96. The van der Waals surface area contributed by atoms with Gasteiger partial charge >= 0.3 is 0 Å².